The Morgan fingerprint density at radius 3 is 2.49 bits per heavy atom. The molecule has 0 bridgehead atoms. The van der Waals surface area contributed by atoms with Gasteiger partial charge in [0.25, 0.3) is 0 Å². The molecule has 4 aliphatic carbocycles. The first-order chi connectivity index (χ1) is 19.2. The first-order valence-corrected chi connectivity index (χ1v) is 15.1. The zero-order valence-electron chi connectivity index (χ0n) is 24.2. The zero-order valence-corrected chi connectivity index (χ0v) is 25.0. The molecule has 3 saturated carbocycles. The van der Waals surface area contributed by atoms with Gasteiger partial charge >= 0.3 is 17.2 Å². The van der Waals surface area contributed by atoms with E-state index < -0.39 is 69.0 Å². The maximum absolute atomic E-state index is 17.5. The molecule has 0 saturated heterocycles. The van der Waals surface area contributed by atoms with Crippen LogP contribution in [0.4, 0.5) is 9.18 Å². The highest BCUT2D eigenvalue weighted by atomic mass is 32.2. The number of fused-ring (bicyclic) bond motifs is 5. The van der Waals surface area contributed by atoms with Crippen molar-refractivity contribution < 1.29 is 47.7 Å². The van der Waals surface area contributed by atoms with Crippen LogP contribution in [0.1, 0.15) is 66.2 Å². The second-order valence-electron chi connectivity index (χ2n) is 12.1. The third-order valence-electron chi connectivity index (χ3n) is 10.2. The standard InChI is InChI=1S/C30H39FO9S/c1-6-39-26(37)41-16-23(34)30(40-25(36)10-9-24(35)38-5)17(2)13-21-20-8-7-18-14-19(32)11-12-27(18,3)29(20,31)22(33)15-28(21,30)4/h11-12,14,17,20-22,33H,6-10,13,15-16H2,1-5H3/t17-,20-,21-,22-,27-,28-,29-,30-/m0/s1. The predicted octanol–water partition coefficient (Wildman–Crippen LogP) is 4.30. The monoisotopic (exact) mass is 594 g/mol. The molecular formula is C30H39FO9S. The molecule has 0 spiro atoms. The lowest BCUT2D eigenvalue weighted by Crippen LogP contribution is -2.70. The molecule has 41 heavy (non-hydrogen) atoms. The Kier molecular flexibility index (Phi) is 8.64. The fraction of sp³-hybridized carbons (Fsp3) is 0.700. The number of allylic oxidation sites excluding steroid dienone is 4. The van der Waals surface area contributed by atoms with Gasteiger partial charge in [-0.05, 0) is 69.4 Å². The van der Waals surface area contributed by atoms with Crippen LogP contribution in [-0.4, -0.2) is 70.8 Å². The quantitative estimate of drug-likeness (QED) is 0.320. The highest BCUT2D eigenvalue weighted by molar-refractivity contribution is 8.13. The number of ketones is 2. The van der Waals surface area contributed by atoms with Crippen molar-refractivity contribution in [1.82, 2.24) is 0 Å². The predicted molar refractivity (Wildman–Crippen MR) is 147 cm³/mol. The molecule has 1 N–H and O–H groups in total. The molecule has 9 nitrogen and oxygen atoms in total. The van der Waals surface area contributed by atoms with Crippen LogP contribution in [0.15, 0.2) is 23.8 Å². The minimum absolute atomic E-state index is 0.131. The van der Waals surface area contributed by atoms with Crippen LogP contribution in [0.25, 0.3) is 0 Å². The van der Waals surface area contributed by atoms with E-state index >= 15 is 4.39 Å². The number of thioether (sulfide) groups is 1. The van der Waals surface area contributed by atoms with Gasteiger partial charge in [-0.25, -0.2) is 9.18 Å². The molecule has 4 aliphatic rings. The van der Waals surface area contributed by atoms with E-state index in [4.69, 9.17) is 9.47 Å². The van der Waals surface area contributed by atoms with Crippen LogP contribution in [0, 0.1) is 28.6 Å². The number of alkyl halides is 1. The van der Waals surface area contributed by atoms with Crippen LogP contribution in [0.5, 0.6) is 0 Å². The van der Waals surface area contributed by atoms with Crippen LogP contribution >= 0.6 is 11.8 Å². The molecule has 3 fully saturated rings. The van der Waals surface area contributed by atoms with Gasteiger partial charge in [-0.3, -0.25) is 19.2 Å². The minimum atomic E-state index is -2.12. The Balaban J connectivity index is 1.75. The van der Waals surface area contributed by atoms with Crippen molar-refractivity contribution >= 4 is 40.6 Å². The van der Waals surface area contributed by atoms with Gasteiger partial charge in [0.05, 0.1) is 38.4 Å². The zero-order chi connectivity index (χ0) is 30.4. The van der Waals surface area contributed by atoms with Crippen molar-refractivity contribution in [3.8, 4) is 0 Å². The topological polar surface area (TPSA) is 133 Å². The fourth-order valence-corrected chi connectivity index (χ4v) is 8.99. The van der Waals surface area contributed by atoms with E-state index in [0.29, 0.717) is 36.6 Å². The maximum Gasteiger partial charge on any atom is 0.367 e. The first kappa shape index (κ1) is 31.4. The number of Topliss-reactive ketones (excluding diaryl/α,β-unsaturated/α-hetero) is 1. The molecule has 11 heteroatoms. The number of hydrogen-bond acceptors (Lipinski definition) is 10. The van der Waals surface area contributed by atoms with Crippen molar-refractivity contribution in [1.29, 1.82) is 0 Å². The lowest BCUT2D eigenvalue weighted by atomic mass is 9.44. The van der Waals surface area contributed by atoms with Gasteiger partial charge in [-0.1, -0.05) is 25.5 Å². The lowest BCUT2D eigenvalue weighted by Gasteiger charge is -2.62. The van der Waals surface area contributed by atoms with Crippen LogP contribution in [0.2, 0.25) is 0 Å². The largest absolute Gasteiger partial charge is 0.469 e. The summed E-state index contributed by atoms with van der Waals surface area (Å²) in [7, 11) is 1.20. The smallest absolute Gasteiger partial charge is 0.367 e. The van der Waals surface area contributed by atoms with Gasteiger partial charge in [0.1, 0.15) is 0 Å². The third kappa shape index (κ3) is 4.76. The van der Waals surface area contributed by atoms with Gasteiger partial charge in [0.15, 0.2) is 22.8 Å². The molecule has 0 unspecified atom stereocenters. The van der Waals surface area contributed by atoms with Crippen molar-refractivity contribution in [3.63, 3.8) is 0 Å². The van der Waals surface area contributed by atoms with Gasteiger partial charge in [0, 0.05) is 22.7 Å². The summed E-state index contributed by atoms with van der Waals surface area (Å²) >= 11 is 0.660. The molecule has 0 amide bonds. The Bertz CT molecular complexity index is 1200. The summed E-state index contributed by atoms with van der Waals surface area (Å²) in [6.45, 7) is 7.01. The van der Waals surface area contributed by atoms with Crippen LogP contribution in [0.3, 0.4) is 0 Å². The lowest BCUT2D eigenvalue weighted by molar-refractivity contribution is -0.227. The number of ether oxygens (including phenoxy) is 3. The van der Waals surface area contributed by atoms with Crippen LogP contribution in [-0.2, 0) is 33.4 Å². The Labute approximate surface area is 243 Å². The average Bonchev–Trinajstić information content (AvgIpc) is 3.13. The van der Waals surface area contributed by atoms with Crippen molar-refractivity contribution in [3.05, 3.63) is 23.8 Å². The third-order valence-corrected chi connectivity index (χ3v) is 11.0. The summed E-state index contributed by atoms with van der Waals surface area (Å²) in [6, 6.07) is 0. The normalized spacial score (nSPS) is 39.1. The molecule has 226 valence electrons. The molecule has 0 radical (unpaired) electrons. The highest BCUT2D eigenvalue weighted by Crippen LogP contribution is 2.71. The summed E-state index contributed by atoms with van der Waals surface area (Å²) in [5.41, 5.74) is -5.64. The first-order valence-electron chi connectivity index (χ1n) is 14.1. The molecule has 0 aromatic heterocycles. The van der Waals surface area contributed by atoms with Crippen molar-refractivity contribution in [2.75, 3.05) is 19.5 Å². The van der Waals surface area contributed by atoms with E-state index in [1.165, 1.54) is 19.3 Å². The van der Waals surface area contributed by atoms with Crippen LogP contribution < -0.4 is 0 Å². The molecule has 0 aromatic carbocycles. The minimum Gasteiger partial charge on any atom is -0.469 e. The fourth-order valence-electron chi connectivity index (χ4n) is 8.33. The SMILES string of the molecule is CCOC(=O)SCC(=O)[C@@]1(OC(=O)CCC(=O)OC)[C@@H](C)C[C@H]2[C@@H]3CCC4=CC(=O)C=C[C@]4(C)[C@@]3(F)[C@@H](O)C[C@@]21C. The number of carbonyl (C=O) groups excluding carboxylic acids is 5. The average molecular weight is 595 g/mol. The Hall–Kier alpha value is -2.53. The molecule has 0 heterocycles. The number of aliphatic hydroxyl groups excluding tert-OH is 1. The van der Waals surface area contributed by atoms with Gasteiger partial charge in [-0.15, -0.1) is 0 Å². The Morgan fingerprint density at radius 2 is 1.83 bits per heavy atom. The van der Waals surface area contributed by atoms with E-state index in [1.54, 1.807) is 33.8 Å². The summed E-state index contributed by atoms with van der Waals surface area (Å²) in [5, 5.41) is 11.0. The number of carbonyl (C=O) groups is 5. The molecule has 0 aromatic rings. The number of halogens is 1. The number of esters is 2. The van der Waals surface area contributed by atoms with Gasteiger partial charge in [-0.2, -0.15) is 0 Å². The molecule has 4 rings (SSSR count). The number of aliphatic hydroxyl groups is 1. The van der Waals surface area contributed by atoms with E-state index in [-0.39, 0.29) is 37.4 Å². The summed E-state index contributed by atoms with van der Waals surface area (Å²) in [4.78, 5) is 63.2. The van der Waals surface area contributed by atoms with E-state index in [9.17, 15) is 29.1 Å². The number of methoxy groups -OCH3 is 1. The number of hydrogen-bond donors (Lipinski definition) is 1. The molecular weight excluding hydrogens is 555 g/mol. The Morgan fingerprint density at radius 1 is 1.15 bits per heavy atom. The summed E-state index contributed by atoms with van der Waals surface area (Å²) in [5.74, 6) is -4.21. The second-order valence-corrected chi connectivity index (χ2v) is 13.0. The maximum atomic E-state index is 17.5. The summed E-state index contributed by atoms with van der Waals surface area (Å²) < 4.78 is 33.2. The van der Waals surface area contributed by atoms with Gasteiger partial charge < -0.3 is 19.3 Å². The number of rotatable bonds is 8. The van der Waals surface area contributed by atoms with Gasteiger partial charge in [0.2, 0.25) is 0 Å². The molecule has 0 aliphatic heterocycles. The van der Waals surface area contributed by atoms with E-state index in [0.717, 1.165) is 0 Å². The van der Waals surface area contributed by atoms with Crippen molar-refractivity contribution in [2.45, 2.75) is 83.6 Å². The summed E-state index contributed by atoms with van der Waals surface area (Å²) in [6.07, 6.45) is 3.21. The van der Waals surface area contributed by atoms with Crippen molar-refractivity contribution in [2.24, 2.45) is 28.6 Å². The second kappa shape index (κ2) is 11.3. The highest BCUT2D eigenvalue weighted by Gasteiger charge is 2.77. The molecule has 8 atom stereocenters. The van der Waals surface area contributed by atoms with E-state index in [2.05, 4.69) is 4.74 Å². The van der Waals surface area contributed by atoms with E-state index in [1.807, 2.05) is 0 Å².